The summed E-state index contributed by atoms with van der Waals surface area (Å²) in [7, 11) is 4.18. The summed E-state index contributed by atoms with van der Waals surface area (Å²) in [6.45, 7) is 0.834. The van der Waals surface area contributed by atoms with Crippen molar-refractivity contribution in [3.63, 3.8) is 0 Å². The monoisotopic (exact) mass is 249 g/mol. The van der Waals surface area contributed by atoms with Gasteiger partial charge in [-0.05, 0) is 39.4 Å². The van der Waals surface area contributed by atoms with E-state index >= 15 is 0 Å². The molecule has 18 heavy (non-hydrogen) atoms. The standard InChI is InChI=1S/C13H19N3O2/c1-15(2)13(7-4-8-13)10-14-11-5-3-6-12(9-11)16(17)18/h3,5-6,9,14H,4,7-8,10H2,1-2H3. The van der Waals surface area contributed by atoms with Gasteiger partial charge in [0.15, 0.2) is 0 Å². The number of nitro groups is 1. The second kappa shape index (κ2) is 4.94. The van der Waals surface area contributed by atoms with Gasteiger partial charge in [0.1, 0.15) is 0 Å². The number of non-ortho nitro benzene ring substituents is 1. The molecule has 0 aromatic heterocycles. The predicted molar refractivity (Wildman–Crippen MR) is 71.9 cm³/mol. The first kappa shape index (κ1) is 12.8. The van der Waals surface area contributed by atoms with Gasteiger partial charge in [-0.2, -0.15) is 0 Å². The Morgan fingerprint density at radius 3 is 2.67 bits per heavy atom. The van der Waals surface area contributed by atoms with Gasteiger partial charge in [-0.15, -0.1) is 0 Å². The number of rotatable bonds is 5. The molecule has 5 heteroatoms. The van der Waals surface area contributed by atoms with Gasteiger partial charge in [0.05, 0.1) is 4.92 Å². The Hall–Kier alpha value is -1.62. The Kier molecular flexibility index (Phi) is 3.52. The zero-order valence-corrected chi connectivity index (χ0v) is 10.8. The molecular weight excluding hydrogens is 230 g/mol. The molecule has 0 unspecified atom stereocenters. The normalized spacial score (nSPS) is 17.3. The Morgan fingerprint density at radius 1 is 1.44 bits per heavy atom. The molecule has 5 nitrogen and oxygen atoms in total. The zero-order chi connectivity index (χ0) is 13.2. The molecule has 0 bridgehead atoms. The Morgan fingerprint density at radius 2 is 2.17 bits per heavy atom. The highest BCUT2D eigenvalue weighted by Gasteiger charge is 2.38. The maximum absolute atomic E-state index is 10.7. The van der Waals surface area contributed by atoms with Gasteiger partial charge in [-0.25, -0.2) is 0 Å². The van der Waals surface area contributed by atoms with E-state index in [-0.39, 0.29) is 16.1 Å². The van der Waals surface area contributed by atoms with Crippen LogP contribution in [0.25, 0.3) is 0 Å². The van der Waals surface area contributed by atoms with Crippen molar-refractivity contribution in [1.82, 2.24) is 4.90 Å². The molecule has 0 amide bonds. The molecule has 1 aliphatic carbocycles. The SMILES string of the molecule is CN(C)C1(CNc2cccc([N+](=O)[O-])c2)CCC1. The van der Waals surface area contributed by atoms with Gasteiger partial charge < -0.3 is 10.2 Å². The minimum absolute atomic E-state index is 0.132. The van der Waals surface area contributed by atoms with Crippen LogP contribution >= 0.6 is 0 Å². The van der Waals surface area contributed by atoms with Crippen LogP contribution in [0.4, 0.5) is 11.4 Å². The van der Waals surface area contributed by atoms with E-state index in [1.54, 1.807) is 12.1 Å². The van der Waals surface area contributed by atoms with Gasteiger partial charge >= 0.3 is 0 Å². The first-order valence-corrected chi connectivity index (χ1v) is 6.19. The van der Waals surface area contributed by atoms with Crippen molar-refractivity contribution in [2.24, 2.45) is 0 Å². The number of hydrogen-bond donors (Lipinski definition) is 1. The average Bonchev–Trinajstić information content (AvgIpc) is 2.27. The molecule has 98 valence electrons. The number of hydrogen-bond acceptors (Lipinski definition) is 4. The van der Waals surface area contributed by atoms with Crippen molar-refractivity contribution < 1.29 is 4.92 Å². The highest BCUT2D eigenvalue weighted by molar-refractivity contribution is 5.51. The number of nitro benzene ring substituents is 1. The Bertz CT molecular complexity index is 442. The minimum atomic E-state index is -0.365. The van der Waals surface area contributed by atoms with Crippen molar-refractivity contribution in [1.29, 1.82) is 0 Å². The zero-order valence-electron chi connectivity index (χ0n) is 10.8. The summed E-state index contributed by atoms with van der Waals surface area (Å²) in [5.41, 5.74) is 1.16. The fraction of sp³-hybridized carbons (Fsp3) is 0.538. The van der Waals surface area contributed by atoms with E-state index in [9.17, 15) is 10.1 Å². The van der Waals surface area contributed by atoms with Gasteiger partial charge in [0.25, 0.3) is 5.69 Å². The van der Waals surface area contributed by atoms with E-state index < -0.39 is 0 Å². The minimum Gasteiger partial charge on any atom is -0.383 e. The van der Waals surface area contributed by atoms with Crippen LogP contribution in [-0.4, -0.2) is 36.0 Å². The molecule has 1 aliphatic rings. The molecule has 1 aromatic rings. The van der Waals surface area contributed by atoms with Crippen LogP contribution in [0.5, 0.6) is 0 Å². The Balaban J connectivity index is 2.02. The first-order chi connectivity index (χ1) is 8.53. The number of anilines is 1. The maximum atomic E-state index is 10.7. The fourth-order valence-corrected chi connectivity index (χ4v) is 2.36. The summed E-state index contributed by atoms with van der Waals surface area (Å²) < 4.78 is 0. The lowest BCUT2D eigenvalue weighted by molar-refractivity contribution is -0.384. The number of benzene rings is 1. The Labute approximate surface area is 107 Å². The smallest absolute Gasteiger partial charge is 0.271 e. The largest absolute Gasteiger partial charge is 0.383 e. The molecule has 0 atom stereocenters. The van der Waals surface area contributed by atoms with Crippen molar-refractivity contribution in [3.05, 3.63) is 34.4 Å². The van der Waals surface area contributed by atoms with Gasteiger partial charge in [-0.1, -0.05) is 6.07 Å². The van der Waals surface area contributed by atoms with Crippen molar-refractivity contribution in [2.75, 3.05) is 26.0 Å². The van der Waals surface area contributed by atoms with Crippen LogP contribution in [-0.2, 0) is 0 Å². The summed E-state index contributed by atoms with van der Waals surface area (Å²) in [6, 6.07) is 6.68. The summed E-state index contributed by atoms with van der Waals surface area (Å²) in [4.78, 5) is 12.6. The van der Waals surface area contributed by atoms with E-state index in [0.717, 1.165) is 12.2 Å². The van der Waals surface area contributed by atoms with Gasteiger partial charge in [0, 0.05) is 29.9 Å². The molecule has 0 radical (unpaired) electrons. The van der Waals surface area contributed by atoms with E-state index in [0.29, 0.717) is 0 Å². The lowest BCUT2D eigenvalue weighted by Gasteiger charge is -2.47. The van der Waals surface area contributed by atoms with Crippen LogP contribution < -0.4 is 5.32 Å². The summed E-state index contributed by atoms with van der Waals surface area (Å²) >= 11 is 0. The summed E-state index contributed by atoms with van der Waals surface area (Å²) in [6.07, 6.45) is 3.62. The number of nitrogens with one attached hydrogen (secondary N) is 1. The molecular formula is C13H19N3O2. The van der Waals surface area contributed by atoms with Crippen LogP contribution in [0.3, 0.4) is 0 Å². The molecule has 1 aromatic carbocycles. The number of likely N-dealkylation sites (N-methyl/N-ethyl adjacent to an activating group) is 1. The van der Waals surface area contributed by atoms with Crippen molar-refractivity contribution in [3.8, 4) is 0 Å². The molecule has 0 aliphatic heterocycles. The quantitative estimate of drug-likeness (QED) is 0.643. The van der Waals surface area contributed by atoms with E-state index in [1.807, 2.05) is 6.07 Å². The van der Waals surface area contributed by atoms with Crippen molar-refractivity contribution in [2.45, 2.75) is 24.8 Å². The molecule has 0 saturated heterocycles. The fourth-order valence-electron chi connectivity index (χ4n) is 2.36. The number of nitrogens with zero attached hydrogens (tertiary/aromatic N) is 2. The predicted octanol–water partition coefficient (Wildman–Crippen LogP) is 2.49. The topological polar surface area (TPSA) is 58.4 Å². The van der Waals surface area contributed by atoms with Crippen LogP contribution in [0.1, 0.15) is 19.3 Å². The average molecular weight is 249 g/mol. The molecule has 0 spiro atoms. The van der Waals surface area contributed by atoms with E-state index in [4.69, 9.17) is 0 Å². The van der Waals surface area contributed by atoms with Crippen LogP contribution in [0, 0.1) is 10.1 Å². The molecule has 1 N–H and O–H groups in total. The molecule has 2 rings (SSSR count). The third-order valence-corrected chi connectivity index (χ3v) is 3.91. The highest BCUT2D eigenvalue weighted by atomic mass is 16.6. The first-order valence-electron chi connectivity index (χ1n) is 6.19. The van der Waals surface area contributed by atoms with E-state index in [1.165, 1.54) is 25.3 Å². The lowest BCUT2D eigenvalue weighted by atomic mass is 9.75. The maximum Gasteiger partial charge on any atom is 0.271 e. The summed E-state index contributed by atoms with van der Waals surface area (Å²) in [5, 5.41) is 14.0. The molecule has 0 heterocycles. The van der Waals surface area contributed by atoms with E-state index in [2.05, 4.69) is 24.3 Å². The highest BCUT2D eigenvalue weighted by Crippen LogP contribution is 2.36. The third-order valence-electron chi connectivity index (χ3n) is 3.91. The van der Waals surface area contributed by atoms with Gasteiger partial charge in [-0.3, -0.25) is 10.1 Å². The van der Waals surface area contributed by atoms with Crippen molar-refractivity contribution >= 4 is 11.4 Å². The third kappa shape index (κ3) is 2.46. The van der Waals surface area contributed by atoms with Crippen LogP contribution in [0.15, 0.2) is 24.3 Å². The van der Waals surface area contributed by atoms with Gasteiger partial charge in [0.2, 0.25) is 0 Å². The second-order valence-corrected chi connectivity index (χ2v) is 5.13. The summed E-state index contributed by atoms with van der Waals surface area (Å²) in [5.74, 6) is 0. The molecule has 1 saturated carbocycles. The second-order valence-electron chi connectivity index (χ2n) is 5.13. The van der Waals surface area contributed by atoms with Crippen LogP contribution in [0.2, 0.25) is 0 Å². The molecule has 1 fully saturated rings. The lowest BCUT2D eigenvalue weighted by Crippen LogP contribution is -2.54.